The van der Waals surface area contributed by atoms with Crippen LogP contribution in [0.4, 0.5) is 0 Å². The van der Waals surface area contributed by atoms with E-state index in [9.17, 15) is 0 Å². The fraction of sp³-hybridized carbons (Fsp3) is 0.150. The topological polar surface area (TPSA) is 0 Å². The van der Waals surface area contributed by atoms with E-state index >= 15 is 0 Å². The molecule has 1 radical (unpaired) electrons. The molecule has 0 aliphatic heterocycles. The van der Waals surface area contributed by atoms with E-state index in [-0.39, 0.29) is 0 Å². The average molecular weight is 259 g/mol. The fourth-order valence-corrected chi connectivity index (χ4v) is 2.86. The standard InChI is InChI=1S/C20H19/c1-14(2)17-11-7-12-18(15(17)3)20-13-6-9-16-8-4-5-10-19(16)20/h4-14H,3H2,1-2H3. The molecule has 0 amide bonds. The van der Waals surface area contributed by atoms with Gasteiger partial charge in [-0.15, -0.1) is 0 Å². The molecule has 0 bridgehead atoms. The van der Waals surface area contributed by atoms with Crippen LogP contribution in [-0.2, 0) is 0 Å². The molecular weight excluding hydrogens is 240 g/mol. The molecule has 20 heavy (non-hydrogen) atoms. The lowest BCUT2D eigenvalue weighted by Gasteiger charge is -2.15. The van der Waals surface area contributed by atoms with Crippen molar-refractivity contribution in [3.8, 4) is 11.1 Å². The van der Waals surface area contributed by atoms with Crippen LogP contribution in [0.1, 0.15) is 30.9 Å². The van der Waals surface area contributed by atoms with Crippen molar-refractivity contribution >= 4 is 10.8 Å². The SMILES string of the molecule is [CH2]c1c(-c2cccc3ccccc23)cccc1C(C)C. The summed E-state index contributed by atoms with van der Waals surface area (Å²) < 4.78 is 0. The molecule has 0 saturated heterocycles. The molecule has 99 valence electrons. The first-order chi connectivity index (χ1) is 9.68. The summed E-state index contributed by atoms with van der Waals surface area (Å²) in [4.78, 5) is 0. The smallest absolute Gasteiger partial charge is 0.0103 e. The molecule has 0 spiro atoms. The molecule has 0 heterocycles. The van der Waals surface area contributed by atoms with Gasteiger partial charge in [0.15, 0.2) is 0 Å². The summed E-state index contributed by atoms with van der Waals surface area (Å²) in [5.74, 6) is 0.498. The van der Waals surface area contributed by atoms with Crippen molar-refractivity contribution in [3.63, 3.8) is 0 Å². The third-order valence-corrected chi connectivity index (χ3v) is 3.91. The third-order valence-electron chi connectivity index (χ3n) is 3.91. The van der Waals surface area contributed by atoms with Crippen LogP contribution in [0.5, 0.6) is 0 Å². The maximum Gasteiger partial charge on any atom is -0.0103 e. The first kappa shape index (κ1) is 12.9. The van der Waals surface area contributed by atoms with E-state index in [1.54, 1.807) is 0 Å². The van der Waals surface area contributed by atoms with Gasteiger partial charge in [-0.25, -0.2) is 0 Å². The first-order valence-corrected chi connectivity index (χ1v) is 7.11. The minimum absolute atomic E-state index is 0.498. The molecule has 0 nitrogen and oxygen atoms in total. The summed E-state index contributed by atoms with van der Waals surface area (Å²) >= 11 is 0. The van der Waals surface area contributed by atoms with Gasteiger partial charge in [0.25, 0.3) is 0 Å². The van der Waals surface area contributed by atoms with Gasteiger partial charge in [-0.2, -0.15) is 0 Å². The van der Waals surface area contributed by atoms with Crippen molar-refractivity contribution in [3.05, 3.63) is 78.7 Å². The molecule has 0 saturated carbocycles. The molecule has 0 unspecified atom stereocenters. The molecule has 0 aliphatic rings. The average Bonchev–Trinajstić information content (AvgIpc) is 2.47. The van der Waals surface area contributed by atoms with Crippen LogP contribution >= 0.6 is 0 Å². The zero-order chi connectivity index (χ0) is 14.1. The normalized spacial score (nSPS) is 11.2. The minimum Gasteiger partial charge on any atom is -0.0616 e. The highest BCUT2D eigenvalue weighted by Crippen LogP contribution is 2.33. The van der Waals surface area contributed by atoms with Gasteiger partial charge in [0, 0.05) is 0 Å². The van der Waals surface area contributed by atoms with E-state index in [4.69, 9.17) is 0 Å². The molecule has 0 aliphatic carbocycles. The summed E-state index contributed by atoms with van der Waals surface area (Å²) in [6, 6.07) is 21.5. The highest BCUT2D eigenvalue weighted by Gasteiger charge is 2.10. The second-order valence-corrected chi connectivity index (χ2v) is 5.55. The van der Waals surface area contributed by atoms with Gasteiger partial charge in [0.05, 0.1) is 0 Å². The Morgan fingerprint density at radius 3 is 2.20 bits per heavy atom. The van der Waals surface area contributed by atoms with Gasteiger partial charge in [-0.3, -0.25) is 0 Å². The summed E-state index contributed by atoms with van der Waals surface area (Å²) in [5.41, 5.74) is 5.00. The Morgan fingerprint density at radius 2 is 1.40 bits per heavy atom. The van der Waals surface area contributed by atoms with E-state index in [0.29, 0.717) is 5.92 Å². The summed E-state index contributed by atoms with van der Waals surface area (Å²) in [6.45, 7) is 8.76. The second kappa shape index (κ2) is 5.13. The number of hydrogen-bond acceptors (Lipinski definition) is 0. The van der Waals surface area contributed by atoms with Crippen molar-refractivity contribution in [2.75, 3.05) is 0 Å². The Labute approximate surface area is 121 Å². The largest absolute Gasteiger partial charge is 0.0616 e. The van der Waals surface area contributed by atoms with E-state index < -0.39 is 0 Å². The maximum absolute atomic E-state index is 4.32. The lowest BCUT2D eigenvalue weighted by molar-refractivity contribution is 0.862. The number of hydrogen-bond donors (Lipinski definition) is 0. The number of rotatable bonds is 2. The van der Waals surface area contributed by atoms with E-state index in [2.05, 4.69) is 81.4 Å². The molecule has 0 atom stereocenters. The monoisotopic (exact) mass is 259 g/mol. The molecule has 0 fully saturated rings. The molecular formula is C20H19. The van der Waals surface area contributed by atoms with Crippen LogP contribution in [0, 0.1) is 6.92 Å². The lowest BCUT2D eigenvalue weighted by Crippen LogP contribution is -1.94. The van der Waals surface area contributed by atoms with Gasteiger partial charge in [-0.1, -0.05) is 74.5 Å². The van der Waals surface area contributed by atoms with Crippen molar-refractivity contribution in [1.29, 1.82) is 0 Å². The van der Waals surface area contributed by atoms with Crippen molar-refractivity contribution < 1.29 is 0 Å². The Balaban J connectivity index is 2.29. The minimum atomic E-state index is 0.498. The van der Waals surface area contributed by atoms with E-state index in [1.807, 2.05) is 0 Å². The molecule has 3 aromatic rings. The van der Waals surface area contributed by atoms with E-state index in [0.717, 1.165) is 5.56 Å². The third kappa shape index (κ3) is 2.12. The van der Waals surface area contributed by atoms with Gasteiger partial charge < -0.3 is 0 Å². The predicted octanol–water partition coefficient (Wildman–Crippen LogP) is 5.81. The van der Waals surface area contributed by atoms with Crippen LogP contribution in [-0.4, -0.2) is 0 Å². The Morgan fingerprint density at radius 1 is 0.750 bits per heavy atom. The molecule has 0 N–H and O–H groups in total. The quantitative estimate of drug-likeness (QED) is 0.544. The molecule has 0 aromatic heterocycles. The van der Waals surface area contributed by atoms with Crippen molar-refractivity contribution in [2.45, 2.75) is 19.8 Å². The lowest BCUT2D eigenvalue weighted by atomic mass is 9.89. The summed E-state index contributed by atoms with van der Waals surface area (Å²) in [6.07, 6.45) is 0. The Bertz CT molecular complexity index is 746. The predicted molar refractivity (Wildman–Crippen MR) is 87.9 cm³/mol. The van der Waals surface area contributed by atoms with Crippen molar-refractivity contribution in [1.82, 2.24) is 0 Å². The van der Waals surface area contributed by atoms with Crippen LogP contribution in [0.15, 0.2) is 60.7 Å². The van der Waals surface area contributed by atoms with Gasteiger partial charge in [-0.05, 0) is 45.9 Å². The van der Waals surface area contributed by atoms with Crippen LogP contribution in [0.25, 0.3) is 21.9 Å². The molecule has 3 rings (SSSR count). The maximum atomic E-state index is 4.32. The number of fused-ring (bicyclic) bond motifs is 1. The zero-order valence-corrected chi connectivity index (χ0v) is 12.1. The van der Waals surface area contributed by atoms with Crippen LogP contribution in [0.3, 0.4) is 0 Å². The molecule has 3 aromatic carbocycles. The van der Waals surface area contributed by atoms with Crippen LogP contribution < -0.4 is 0 Å². The van der Waals surface area contributed by atoms with Gasteiger partial charge in [0.1, 0.15) is 0 Å². The van der Waals surface area contributed by atoms with Crippen LogP contribution in [0.2, 0.25) is 0 Å². The van der Waals surface area contributed by atoms with Crippen molar-refractivity contribution in [2.24, 2.45) is 0 Å². The zero-order valence-electron chi connectivity index (χ0n) is 12.1. The summed E-state index contributed by atoms with van der Waals surface area (Å²) in [5, 5.41) is 2.57. The Hall–Kier alpha value is -2.08. The Kier molecular flexibility index (Phi) is 3.31. The first-order valence-electron chi connectivity index (χ1n) is 7.11. The fourth-order valence-electron chi connectivity index (χ4n) is 2.86. The van der Waals surface area contributed by atoms with Gasteiger partial charge >= 0.3 is 0 Å². The molecule has 0 heteroatoms. The highest BCUT2D eigenvalue weighted by atomic mass is 14.1. The van der Waals surface area contributed by atoms with Gasteiger partial charge in [0.2, 0.25) is 0 Å². The highest BCUT2D eigenvalue weighted by molar-refractivity contribution is 5.97. The number of benzene rings is 3. The second-order valence-electron chi connectivity index (χ2n) is 5.55. The summed E-state index contributed by atoms with van der Waals surface area (Å²) in [7, 11) is 0. The van der Waals surface area contributed by atoms with E-state index in [1.165, 1.54) is 27.5 Å².